The van der Waals surface area contributed by atoms with Crippen LogP contribution in [0.2, 0.25) is 0 Å². The highest BCUT2D eigenvalue weighted by molar-refractivity contribution is 8.13. The second-order valence-corrected chi connectivity index (χ2v) is 9.65. The number of fused-ring (bicyclic) bond motifs is 2. The summed E-state index contributed by atoms with van der Waals surface area (Å²) in [6.45, 7) is 6.23. The van der Waals surface area contributed by atoms with Gasteiger partial charge in [0.05, 0.1) is 11.5 Å². The molecule has 0 radical (unpaired) electrons. The van der Waals surface area contributed by atoms with Gasteiger partial charge in [-0.2, -0.15) is 0 Å². The number of benzene rings is 2. The summed E-state index contributed by atoms with van der Waals surface area (Å²) in [4.78, 5) is 18.1. The summed E-state index contributed by atoms with van der Waals surface area (Å²) < 4.78 is 5.79. The number of hydrogen-bond acceptors (Lipinski definition) is 6. The van der Waals surface area contributed by atoms with Gasteiger partial charge in [-0.25, -0.2) is 5.01 Å². The molecule has 1 atom stereocenters. The van der Waals surface area contributed by atoms with Gasteiger partial charge in [0.15, 0.2) is 11.3 Å². The lowest BCUT2D eigenvalue weighted by Gasteiger charge is -2.34. The fraction of sp³-hybridized carbons (Fsp3) is 0.423. The summed E-state index contributed by atoms with van der Waals surface area (Å²) in [5.74, 6) is 1.62. The van der Waals surface area contributed by atoms with E-state index in [1.165, 1.54) is 25.7 Å². The van der Waals surface area contributed by atoms with E-state index in [9.17, 15) is 4.79 Å². The van der Waals surface area contributed by atoms with Crippen molar-refractivity contribution in [2.24, 2.45) is 10.1 Å². The van der Waals surface area contributed by atoms with Crippen LogP contribution in [-0.2, 0) is 4.79 Å². The van der Waals surface area contributed by atoms with E-state index in [0.29, 0.717) is 10.9 Å². The van der Waals surface area contributed by atoms with Crippen molar-refractivity contribution in [3.8, 4) is 5.75 Å². The summed E-state index contributed by atoms with van der Waals surface area (Å²) in [6.07, 6.45) is 5.80. The zero-order valence-electron chi connectivity index (χ0n) is 19.6. The molecule has 2 aromatic rings. The van der Waals surface area contributed by atoms with E-state index in [1.807, 2.05) is 62.4 Å². The molecule has 1 unspecified atom stereocenters. The zero-order chi connectivity index (χ0) is 23.2. The van der Waals surface area contributed by atoms with E-state index in [2.05, 4.69) is 12.2 Å². The predicted octanol–water partition coefficient (Wildman–Crippen LogP) is 4.32. The minimum absolute atomic E-state index is 0.110. The second-order valence-electron chi connectivity index (χ2n) is 8.57. The quantitative estimate of drug-likeness (QED) is 0.561. The summed E-state index contributed by atoms with van der Waals surface area (Å²) in [7, 11) is 0. The number of hydrazone groups is 1. The monoisotopic (exact) mass is 464 g/mol. The third kappa shape index (κ3) is 5.58. The van der Waals surface area contributed by atoms with Crippen LogP contribution in [0.3, 0.4) is 0 Å². The highest BCUT2D eigenvalue weighted by atomic mass is 32.2. The molecule has 2 aliphatic heterocycles. The molecule has 0 aromatic heterocycles. The maximum absolute atomic E-state index is 13.2. The molecule has 4 rings (SSSR count). The molecule has 7 heteroatoms. The standard InChI is InChI=1S/C26H32N4O2S/c1-4-5-6-7-10-17-33-26-28-25(31)23-21-11-8-9-12-22(21)27-24(30(23)29-26)19-13-15-20(16-14-19)32-18(2)3/h8-9,11-16,18,24H,4-7,10,17H2,1-3H3,(H,28,29,31). The van der Waals surface area contributed by atoms with Gasteiger partial charge in [-0.15, -0.1) is 5.10 Å². The first kappa shape index (κ1) is 23.4. The van der Waals surface area contributed by atoms with Crippen LogP contribution in [0.25, 0.3) is 5.70 Å². The molecule has 0 bridgehead atoms. The number of nitrogens with zero attached hydrogens (tertiary/aromatic N) is 3. The van der Waals surface area contributed by atoms with Gasteiger partial charge in [-0.3, -0.25) is 15.1 Å². The van der Waals surface area contributed by atoms with Gasteiger partial charge < -0.3 is 4.74 Å². The number of ether oxygens (including phenoxy) is 1. The van der Waals surface area contributed by atoms with E-state index in [4.69, 9.17) is 14.8 Å². The normalized spacial score (nSPS) is 17.2. The molecule has 0 aliphatic carbocycles. The Kier molecular flexibility index (Phi) is 7.70. The summed E-state index contributed by atoms with van der Waals surface area (Å²) in [6, 6.07) is 15.6. The van der Waals surface area contributed by atoms with Crippen LogP contribution in [0.15, 0.2) is 58.6 Å². The maximum atomic E-state index is 13.2. The number of amidine groups is 1. The number of amides is 1. The molecule has 0 fully saturated rings. The minimum Gasteiger partial charge on any atom is -0.491 e. The van der Waals surface area contributed by atoms with Crippen LogP contribution in [-0.4, -0.2) is 27.9 Å². The summed E-state index contributed by atoms with van der Waals surface area (Å²) in [5.41, 5.74) is 1.50. The van der Waals surface area contributed by atoms with E-state index in [-0.39, 0.29) is 12.0 Å². The number of rotatable bonds is 9. The lowest BCUT2D eigenvalue weighted by Crippen LogP contribution is -2.50. The molecule has 2 aliphatic rings. The molecule has 6 nitrogen and oxygen atoms in total. The molecule has 1 N–H and O–H groups in total. The smallest absolute Gasteiger partial charge is 0.276 e. The number of carbonyl (C=O) groups excluding carboxylic acids is 1. The van der Waals surface area contributed by atoms with Crippen LogP contribution in [0.4, 0.5) is 0 Å². The second kappa shape index (κ2) is 10.9. The molecule has 2 aromatic carbocycles. The van der Waals surface area contributed by atoms with Crippen molar-refractivity contribution in [2.45, 2.75) is 65.1 Å². The number of hydrogen-bond donors (Lipinski definition) is 1. The van der Waals surface area contributed by atoms with Crippen molar-refractivity contribution in [1.29, 1.82) is 0 Å². The average Bonchev–Trinajstić information content (AvgIpc) is 2.81. The van der Waals surface area contributed by atoms with Crippen molar-refractivity contribution >= 4 is 28.5 Å². The van der Waals surface area contributed by atoms with E-state index >= 15 is 0 Å². The number of thioether (sulfide) groups is 1. The highest BCUT2D eigenvalue weighted by Crippen LogP contribution is 2.31. The molecular weight excluding hydrogens is 432 g/mol. The van der Waals surface area contributed by atoms with Crippen molar-refractivity contribution in [3.05, 3.63) is 64.7 Å². The molecule has 2 heterocycles. The zero-order valence-corrected chi connectivity index (χ0v) is 20.4. The van der Waals surface area contributed by atoms with Gasteiger partial charge in [0.2, 0.25) is 0 Å². The van der Waals surface area contributed by atoms with E-state index < -0.39 is 6.17 Å². The van der Waals surface area contributed by atoms with Gasteiger partial charge in [0.1, 0.15) is 11.4 Å². The Balaban J connectivity index is 1.62. The Morgan fingerprint density at radius 2 is 1.82 bits per heavy atom. The number of nitrogens with one attached hydrogen (secondary N) is 1. The maximum Gasteiger partial charge on any atom is 0.276 e. The first-order valence-electron chi connectivity index (χ1n) is 11.8. The third-order valence-corrected chi connectivity index (χ3v) is 6.50. The first-order valence-corrected chi connectivity index (χ1v) is 12.8. The Bertz CT molecular complexity index is 1130. The molecular formula is C26H32N4O2S. The molecule has 174 valence electrons. The Labute approximate surface area is 199 Å². The number of para-hydroxylation sites is 1. The lowest BCUT2D eigenvalue weighted by atomic mass is 10.1. The lowest BCUT2D eigenvalue weighted by molar-refractivity contribution is -0.116. The highest BCUT2D eigenvalue weighted by Gasteiger charge is 2.34. The molecule has 0 spiro atoms. The number of carbonyl (C=O) groups is 1. The fourth-order valence-electron chi connectivity index (χ4n) is 3.97. The summed E-state index contributed by atoms with van der Waals surface area (Å²) in [5, 5.41) is 11.8. The number of unbranched alkanes of at least 4 members (excludes halogenated alkanes) is 4. The van der Waals surface area contributed by atoms with E-state index in [1.54, 1.807) is 16.8 Å². The minimum atomic E-state index is -0.408. The first-order chi connectivity index (χ1) is 16.1. The summed E-state index contributed by atoms with van der Waals surface area (Å²) >= 11 is 1.60. The Hall–Kier alpha value is -2.80. The Morgan fingerprint density at radius 3 is 2.58 bits per heavy atom. The molecule has 0 saturated heterocycles. The van der Waals surface area contributed by atoms with Gasteiger partial charge >= 0.3 is 0 Å². The van der Waals surface area contributed by atoms with Gasteiger partial charge in [0.25, 0.3) is 5.91 Å². The molecule has 1 amide bonds. The SMILES string of the molecule is CCCCCCCSC1=NN2C(=c3ccccc3=NC2c2ccc(OC(C)C)cc2)C(=O)N1. The van der Waals surface area contributed by atoms with E-state index in [0.717, 1.165) is 34.1 Å². The van der Waals surface area contributed by atoms with Gasteiger partial charge in [-0.1, -0.05) is 74.7 Å². The molecule has 0 saturated carbocycles. The van der Waals surface area contributed by atoms with Crippen molar-refractivity contribution < 1.29 is 9.53 Å². The van der Waals surface area contributed by atoms with Crippen molar-refractivity contribution in [3.63, 3.8) is 0 Å². The van der Waals surface area contributed by atoms with Crippen molar-refractivity contribution in [2.75, 3.05) is 5.75 Å². The van der Waals surface area contributed by atoms with Crippen LogP contribution in [0.5, 0.6) is 5.75 Å². The largest absolute Gasteiger partial charge is 0.491 e. The average molecular weight is 465 g/mol. The van der Waals surface area contributed by atoms with Crippen LogP contribution < -0.4 is 20.6 Å². The Morgan fingerprint density at radius 1 is 1.06 bits per heavy atom. The fourth-order valence-corrected chi connectivity index (χ4v) is 4.83. The van der Waals surface area contributed by atoms with Crippen LogP contribution >= 0.6 is 11.8 Å². The molecule has 33 heavy (non-hydrogen) atoms. The topological polar surface area (TPSA) is 66.3 Å². The predicted molar refractivity (Wildman–Crippen MR) is 134 cm³/mol. The van der Waals surface area contributed by atoms with Gasteiger partial charge in [0, 0.05) is 11.0 Å². The van der Waals surface area contributed by atoms with Crippen LogP contribution in [0, 0.1) is 0 Å². The third-order valence-electron chi connectivity index (χ3n) is 5.55. The van der Waals surface area contributed by atoms with Gasteiger partial charge in [-0.05, 0) is 44.0 Å². The van der Waals surface area contributed by atoms with Crippen LogP contribution in [0.1, 0.15) is 64.6 Å². The van der Waals surface area contributed by atoms with Crippen molar-refractivity contribution in [1.82, 2.24) is 10.3 Å².